The molecule has 4 rings (SSSR count). The molecule has 2 saturated heterocycles. The Morgan fingerprint density at radius 1 is 1.10 bits per heavy atom. The standard InChI is InChI=1S/C22H28N4O5/c1-22(16-6-7-16)20(29)26(21(30)23-22)14-19(28)25-10-8-24(9-11-25)18(27)13-15-4-3-5-17(12-15)31-2/h3-5,12,16H,6-11,13-14H2,1-2H3,(H,23,30). The van der Waals surface area contributed by atoms with Crippen LogP contribution >= 0.6 is 0 Å². The maximum Gasteiger partial charge on any atom is 0.325 e. The molecule has 1 aromatic carbocycles. The Morgan fingerprint density at radius 2 is 1.74 bits per heavy atom. The Bertz CT molecular complexity index is 907. The van der Waals surface area contributed by atoms with Gasteiger partial charge in [-0.1, -0.05) is 12.1 Å². The highest BCUT2D eigenvalue weighted by Gasteiger charge is 2.56. The summed E-state index contributed by atoms with van der Waals surface area (Å²) in [6, 6.07) is 6.90. The lowest BCUT2D eigenvalue weighted by atomic mass is 9.96. The number of rotatable bonds is 6. The van der Waals surface area contributed by atoms with Crippen molar-refractivity contribution in [2.45, 2.75) is 31.7 Å². The first-order valence-corrected chi connectivity index (χ1v) is 10.6. The monoisotopic (exact) mass is 428 g/mol. The van der Waals surface area contributed by atoms with Gasteiger partial charge in [-0.15, -0.1) is 0 Å². The highest BCUT2D eigenvalue weighted by atomic mass is 16.5. The van der Waals surface area contributed by atoms with Gasteiger partial charge in [0.2, 0.25) is 11.8 Å². The van der Waals surface area contributed by atoms with Crippen LogP contribution in [0.4, 0.5) is 4.79 Å². The van der Waals surface area contributed by atoms with E-state index in [2.05, 4.69) is 5.32 Å². The van der Waals surface area contributed by atoms with E-state index < -0.39 is 11.6 Å². The fraction of sp³-hybridized carbons (Fsp3) is 0.545. The van der Waals surface area contributed by atoms with E-state index in [-0.39, 0.29) is 36.6 Å². The molecule has 9 heteroatoms. The minimum absolute atomic E-state index is 0.00495. The maximum absolute atomic E-state index is 12.7. The number of urea groups is 1. The molecule has 0 radical (unpaired) electrons. The third kappa shape index (κ3) is 4.22. The molecule has 0 bridgehead atoms. The van der Waals surface area contributed by atoms with E-state index in [0.29, 0.717) is 31.9 Å². The third-order valence-electron chi connectivity index (χ3n) is 6.46. The summed E-state index contributed by atoms with van der Waals surface area (Å²) in [7, 11) is 1.59. The quantitative estimate of drug-likeness (QED) is 0.670. The Hall–Kier alpha value is -3.10. The fourth-order valence-corrected chi connectivity index (χ4v) is 4.31. The van der Waals surface area contributed by atoms with E-state index in [1.54, 1.807) is 23.8 Å². The number of nitrogens with one attached hydrogen (secondary N) is 1. The second-order valence-electron chi connectivity index (χ2n) is 8.59. The van der Waals surface area contributed by atoms with Crippen LogP contribution in [-0.2, 0) is 20.8 Å². The number of piperazine rings is 1. The van der Waals surface area contributed by atoms with E-state index >= 15 is 0 Å². The zero-order valence-corrected chi connectivity index (χ0v) is 17.9. The number of methoxy groups -OCH3 is 1. The van der Waals surface area contributed by atoms with Crippen LogP contribution in [0.2, 0.25) is 0 Å². The van der Waals surface area contributed by atoms with Gasteiger partial charge in [0.05, 0.1) is 13.5 Å². The molecule has 31 heavy (non-hydrogen) atoms. The Morgan fingerprint density at radius 3 is 2.35 bits per heavy atom. The van der Waals surface area contributed by atoms with Gasteiger partial charge in [-0.25, -0.2) is 4.79 Å². The van der Waals surface area contributed by atoms with Gasteiger partial charge in [-0.05, 0) is 43.4 Å². The van der Waals surface area contributed by atoms with Crippen LogP contribution < -0.4 is 10.1 Å². The Kier molecular flexibility index (Phi) is 5.60. The zero-order chi connectivity index (χ0) is 22.2. The zero-order valence-electron chi connectivity index (χ0n) is 17.9. The molecule has 1 aromatic rings. The average molecular weight is 428 g/mol. The van der Waals surface area contributed by atoms with Crippen molar-refractivity contribution in [1.82, 2.24) is 20.0 Å². The smallest absolute Gasteiger partial charge is 0.325 e. The van der Waals surface area contributed by atoms with Crippen LogP contribution in [0.25, 0.3) is 0 Å². The molecular formula is C22H28N4O5. The van der Waals surface area contributed by atoms with Crippen molar-refractivity contribution in [2.24, 2.45) is 5.92 Å². The van der Waals surface area contributed by atoms with Crippen molar-refractivity contribution < 1.29 is 23.9 Å². The summed E-state index contributed by atoms with van der Waals surface area (Å²) in [5.74, 6) is 0.265. The van der Waals surface area contributed by atoms with Gasteiger partial charge >= 0.3 is 6.03 Å². The van der Waals surface area contributed by atoms with Crippen LogP contribution in [-0.4, -0.2) is 83.8 Å². The summed E-state index contributed by atoms with van der Waals surface area (Å²) in [6.45, 7) is 3.09. The Labute approximate surface area is 181 Å². The second kappa shape index (κ2) is 8.20. The van der Waals surface area contributed by atoms with Crippen LogP contribution in [0, 0.1) is 5.92 Å². The number of carbonyl (C=O) groups excluding carboxylic acids is 4. The number of carbonyl (C=O) groups is 4. The highest BCUT2D eigenvalue weighted by Crippen LogP contribution is 2.42. The molecule has 1 saturated carbocycles. The number of hydrogen-bond donors (Lipinski definition) is 1. The number of imide groups is 1. The molecule has 2 heterocycles. The first-order valence-electron chi connectivity index (χ1n) is 10.6. The first-order chi connectivity index (χ1) is 14.8. The van der Waals surface area contributed by atoms with Crippen molar-refractivity contribution in [3.63, 3.8) is 0 Å². The molecule has 5 amide bonds. The highest BCUT2D eigenvalue weighted by molar-refractivity contribution is 6.09. The molecule has 9 nitrogen and oxygen atoms in total. The van der Waals surface area contributed by atoms with E-state index in [1.165, 1.54) is 0 Å². The molecule has 1 aliphatic carbocycles. The molecule has 0 spiro atoms. The molecule has 166 valence electrons. The lowest BCUT2D eigenvalue weighted by Gasteiger charge is -2.35. The summed E-state index contributed by atoms with van der Waals surface area (Å²) in [5, 5.41) is 2.76. The molecule has 1 N–H and O–H groups in total. The van der Waals surface area contributed by atoms with Crippen molar-refractivity contribution in [3.8, 4) is 5.75 Å². The lowest BCUT2D eigenvalue weighted by molar-refractivity contribution is -0.142. The SMILES string of the molecule is COc1cccc(CC(=O)N2CCN(C(=O)CN3C(=O)NC(C)(C4CC4)C3=O)CC2)c1. The third-order valence-corrected chi connectivity index (χ3v) is 6.46. The van der Waals surface area contributed by atoms with Crippen molar-refractivity contribution in [3.05, 3.63) is 29.8 Å². The summed E-state index contributed by atoms with van der Waals surface area (Å²) in [5.41, 5.74) is -0.0112. The van der Waals surface area contributed by atoms with Crippen molar-refractivity contribution in [2.75, 3.05) is 39.8 Å². The summed E-state index contributed by atoms with van der Waals surface area (Å²) in [4.78, 5) is 54.7. The van der Waals surface area contributed by atoms with Gasteiger partial charge in [-0.3, -0.25) is 19.3 Å². The number of ether oxygens (including phenoxy) is 1. The van der Waals surface area contributed by atoms with Crippen molar-refractivity contribution in [1.29, 1.82) is 0 Å². The van der Waals surface area contributed by atoms with E-state index in [9.17, 15) is 19.2 Å². The predicted octanol–water partition coefficient (Wildman–Crippen LogP) is 0.629. The summed E-state index contributed by atoms with van der Waals surface area (Å²) < 4.78 is 5.20. The first kappa shape index (κ1) is 21.1. The van der Waals surface area contributed by atoms with Crippen LogP contribution in [0.1, 0.15) is 25.3 Å². The van der Waals surface area contributed by atoms with Gasteiger partial charge < -0.3 is 19.9 Å². The average Bonchev–Trinajstić information content (AvgIpc) is 3.60. The minimum atomic E-state index is -0.886. The van der Waals surface area contributed by atoms with Crippen LogP contribution in [0.3, 0.4) is 0 Å². The predicted molar refractivity (Wildman–Crippen MR) is 111 cm³/mol. The lowest BCUT2D eigenvalue weighted by Crippen LogP contribution is -2.53. The van der Waals surface area contributed by atoms with Gasteiger partial charge in [0.25, 0.3) is 5.91 Å². The Balaban J connectivity index is 1.28. The largest absolute Gasteiger partial charge is 0.497 e. The second-order valence-corrected chi connectivity index (χ2v) is 8.59. The van der Waals surface area contributed by atoms with E-state index in [1.807, 2.05) is 24.3 Å². The summed E-state index contributed by atoms with van der Waals surface area (Å²) >= 11 is 0. The van der Waals surface area contributed by atoms with Gasteiger partial charge in [0.1, 0.15) is 17.8 Å². The molecule has 1 atom stereocenters. The number of amides is 5. The number of nitrogens with zero attached hydrogens (tertiary/aromatic N) is 3. The van der Waals surface area contributed by atoms with Crippen LogP contribution in [0.5, 0.6) is 5.75 Å². The fourth-order valence-electron chi connectivity index (χ4n) is 4.31. The van der Waals surface area contributed by atoms with E-state index in [4.69, 9.17) is 4.74 Å². The van der Waals surface area contributed by atoms with Gasteiger partial charge in [0.15, 0.2) is 0 Å². The van der Waals surface area contributed by atoms with E-state index in [0.717, 1.165) is 23.3 Å². The number of hydrogen-bond acceptors (Lipinski definition) is 5. The van der Waals surface area contributed by atoms with Crippen LogP contribution in [0.15, 0.2) is 24.3 Å². The number of benzene rings is 1. The molecule has 1 unspecified atom stereocenters. The molecule has 2 aliphatic heterocycles. The van der Waals surface area contributed by atoms with Gasteiger partial charge in [0, 0.05) is 26.2 Å². The molecule has 3 aliphatic rings. The normalized spacial score (nSPS) is 23.7. The molecular weight excluding hydrogens is 400 g/mol. The van der Waals surface area contributed by atoms with Gasteiger partial charge in [-0.2, -0.15) is 0 Å². The molecule has 3 fully saturated rings. The van der Waals surface area contributed by atoms with Crippen molar-refractivity contribution >= 4 is 23.8 Å². The summed E-state index contributed by atoms with van der Waals surface area (Å²) in [6.07, 6.45) is 2.10. The topological polar surface area (TPSA) is 99.3 Å². The minimum Gasteiger partial charge on any atom is -0.497 e. The maximum atomic E-state index is 12.7. The molecule has 0 aromatic heterocycles.